The SMILES string of the molecule is Nc1ccc(O)c(C(=O)OC(=O)c2ccccc2)c1. The van der Waals surface area contributed by atoms with Gasteiger partial charge in [0.1, 0.15) is 11.3 Å². The molecule has 0 saturated carbocycles. The third-order valence-electron chi connectivity index (χ3n) is 2.44. The van der Waals surface area contributed by atoms with Gasteiger partial charge in [-0.2, -0.15) is 0 Å². The molecule has 2 aromatic rings. The second-order valence-electron chi connectivity index (χ2n) is 3.82. The number of nitrogens with two attached hydrogens (primary N) is 1. The summed E-state index contributed by atoms with van der Waals surface area (Å²) in [5.41, 5.74) is 5.89. The van der Waals surface area contributed by atoms with Crippen molar-refractivity contribution in [2.75, 3.05) is 5.73 Å². The molecule has 0 unspecified atom stereocenters. The van der Waals surface area contributed by atoms with Gasteiger partial charge in [-0.3, -0.25) is 0 Å². The van der Waals surface area contributed by atoms with Gasteiger partial charge in [0.05, 0.1) is 5.56 Å². The van der Waals surface area contributed by atoms with Crippen molar-refractivity contribution in [3.63, 3.8) is 0 Å². The number of carbonyl (C=O) groups excluding carboxylic acids is 2. The van der Waals surface area contributed by atoms with Crippen LogP contribution in [0.2, 0.25) is 0 Å². The Bertz CT molecular complexity index is 623. The maximum atomic E-state index is 11.7. The molecule has 0 bridgehead atoms. The number of benzene rings is 2. The standard InChI is InChI=1S/C14H11NO4/c15-10-6-7-12(16)11(8-10)14(18)19-13(17)9-4-2-1-3-5-9/h1-8,16H,15H2. The molecule has 3 N–H and O–H groups in total. The summed E-state index contributed by atoms with van der Waals surface area (Å²) in [6, 6.07) is 12.0. The van der Waals surface area contributed by atoms with Gasteiger partial charge in [0.15, 0.2) is 0 Å². The Labute approximate surface area is 109 Å². The van der Waals surface area contributed by atoms with Crippen LogP contribution in [-0.4, -0.2) is 17.0 Å². The van der Waals surface area contributed by atoms with Crippen LogP contribution in [0.3, 0.4) is 0 Å². The lowest BCUT2D eigenvalue weighted by molar-refractivity contribution is 0.0396. The molecule has 0 aliphatic rings. The van der Waals surface area contributed by atoms with Gasteiger partial charge in [-0.15, -0.1) is 0 Å². The Balaban J connectivity index is 2.18. The zero-order valence-corrected chi connectivity index (χ0v) is 9.87. The van der Waals surface area contributed by atoms with Crippen LogP contribution in [0, 0.1) is 0 Å². The second-order valence-corrected chi connectivity index (χ2v) is 3.82. The number of hydrogen-bond acceptors (Lipinski definition) is 5. The molecule has 2 aromatic carbocycles. The highest BCUT2D eigenvalue weighted by Gasteiger charge is 2.18. The van der Waals surface area contributed by atoms with Crippen LogP contribution >= 0.6 is 0 Å². The number of aromatic hydroxyl groups is 1. The third-order valence-corrected chi connectivity index (χ3v) is 2.44. The van der Waals surface area contributed by atoms with Crippen LogP contribution in [-0.2, 0) is 4.74 Å². The van der Waals surface area contributed by atoms with Gasteiger partial charge < -0.3 is 15.6 Å². The number of phenolic OH excluding ortho intramolecular Hbond substituents is 1. The van der Waals surface area contributed by atoms with Gasteiger partial charge in [-0.05, 0) is 30.3 Å². The summed E-state index contributed by atoms with van der Waals surface area (Å²) < 4.78 is 4.66. The highest BCUT2D eigenvalue weighted by molar-refractivity contribution is 6.04. The largest absolute Gasteiger partial charge is 0.507 e. The molecule has 0 aliphatic carbocycles. The van der Waals surface area contributed by atoms with E-state index in [4.69, 9.17) is 5.73 Å². The smallest absolute Gasteiger partial charge is 0.349 e. The van der Waals surface area contributed by atoms with Crippen LogP contribution in [0.25, 0.3) is 0 Å². The highest BCUT2D eigenvalue weighted by atomic mass is 16.6. The Morgan fingerprint density at radius 2 is 1.68 bits per heavy atom. The molecule has 5 heteroatoms. The first-order valence-electron chi connectivity index (χ1n) is 5.48. The van der Waals surface area contributed by atoms with Gasteiger partial charge in [-0.25, -0.2) is 9.59 Å². The second kappa shape index (κ2) is 5.22. The summed E-state index contributed by atoms with van der Waals surface area (Å²) in [6.07, 6.45) is 0. The molecule has 2 rings (SSSR count). The maximum absolute atomic E-state index is 11.7. The van der Waals surface area contributed by atoms with E-state index in [0.717, 1.165) is 0 Å². The topological polar surface area (TPSA) is 89.6 Å². The predicted octanol–water partition coefficient (Wildman–Crippen LogP) is 1.97. The van der Waals surface area contributed by atoms with Crippen molar-refractivity contribution in [2.24, 2.45) is 0 Å². The summed E-state index contributed by atoms with van der Waals surface area (Å²) in [4.78, 5) is 23.4. The van der Waals surface area contributed by atoms with Gasteiger partial charge >= 0.3 is 11.9 Å². The van der Waals surface area contributed by atoms with Crippen molar-refractivity contribution in [3.8, 4) is 5.75 Å². The first-order chi connectivity index (χ1) is 9.08. The Kier molecular flexibility index (Phi) is 3.47. The molecule has 0 aliphatic heterocycles. The molecule has 0 heterocycles. The first kappa shape index (κ1) is 12.6. The number of carbonyl (C=O) groups is 2. The van der Waals surface area contributed by atoms with Gasteiger partial charge in [-0.1, -0.05) is 18.2 Å². The Morgan fingerprint density at radius 1 is 1.00 bits per heavy atom. The maximum Gasteiger partial charge on any atom is 0.349 e. The van der Waals surface area contributed by atoms with Gasteiger partial charge in [0, 0.05) is 5.69 Å². The molecule has 0 radical (unpaired) electrons. The van der Waals surface area contributed by atoms with E-state index in [1.54, 1.807) is 18.2 Å². The molecule has 19 heavy (non-hydrogen) atoms. The van der Waals surface area contributed by atoms with Crippen molar-refractivity contribution >= 4 is 17.6 Å². The van der Waals surface area contributed by atoms with Crippen LogP contribution in [0.5, 0.6) is 5.75 Å². The fourth-order valence-electron chi connectivity index (χ4n) is 1.49. The number of esters is 2. The molecule has 5 nitrogen and oxygen atoms in total. The molecule has 0 aromatic heterocycles. The van der Waals surface area contributed by atoms with E-state index in [1.165, 1.54) is 30.3 Å². The molecule has 0 atom stereocenters. The first-order valence-corrected chi connectivity index (χ1v) is 5.48. The van der Waals surface area contributed by atoms with Crippen molar-refractivity contribution in [1.82, 2.24) is 0 Å². The van der Waals surface area contributed by atoms with E-state index in [9.17, 15) is 14.7 Å². The minimum atomic E-state index is -0.946. The van der Waals surface area contributed by atoms with E-state index in [1.807, 2.05) is 0 Å². The molecule has 96 valence electrons. The number of ether oxygens (including phenoxy) is 1. The summed E-state index contributed by atoms with van der Waals surface area (Å²) in [7, 11) is 0. The number of phenols is 1. The fraction of sp³-hybridized carbons (Fsp3) is 0. The van der Waals surface area contributed by atoms with Crippen LogP contribution in [0.4, 0.5) is 5.69 Å². The quantitative estimate of drug-likeness (QED) is 0.371. The molecular weight excluding hydrogens is 246 g/mol. The molecule has 0 amide bonds. The molecular formula is C14H11NO4. The van der Waals surface area contributed by atoms with Crippen molar-refractivity contribution in [2.45, 2.75) is 0 Å². The van der Waals surface area contributed by atoms with Crippen LogP contribution in [0.15, 0.2) is 48.5 Å². The molecule has 0 fully saturated rings. The fourth-order valence-corrected chi connectivity index (χ4v) is 1.49. The Hall–Kier alpha value is -2.82. The summed E-state index contributed by atoms with van der Waals surface area (Å²) in [6.45, 7) is 0. The summed E-state index contributed by atoms with van der Waals surface area (Å²) >= 11 is 0. The highest BCUT2D eigenvalue weighted by Crippen LogP contribution is 2.21. The predicted molar refractivity (Wildman–Crippen MR) is 68.7 cm³/mol. The monoisotopic (exact) mass is 257 g/mol. The lowest BCUT2D eigenvalue weighted by Gasteiger charge is -2.05. The van der Waals surface area contributed by atoms with E-state index in [-0.39, 0.29) is 22.6 Å². The normalized spacial score (nSPS) is 9.89. The number of nitrogen functional groups attached to an aromatic ring is 1. The minimum absolute atomic E-state index is 0.149. The van der Waals surface area contributed by atoms with Crippen LogP contribution in [0.1, 0.15) is 20.7 Å². The molecule has 0 saturated heterocycles. The van der Waals surface area contributed by atoms with E-state index in [2.05, 4.69) is 4.74 Å². The van der Waals surface area contributed by atoms with Crippen molar-refractivity contribution < 1.29 is 19.4 Å². The average molecular weight is 257 g/mol. The zero-order chi connectivity index (χ0) is 13.8. The third kappa shape index (κ3) is 2.90. The summed E-state index contributed by atoms with van der Waals surface area (Å²) in [5, 5.41) is 9.52. The van der Waals surface area contributed by atoms with Crippen molar-refractivity contribution in [3.05, 3.63) is 59.7 Å². The summed E-state index contributed by atoms with van der Waals surface area (Å²) in [5.74, 6) is -2.02. The number of hydrogen-bond donors (Lipinski definition) is 2. The van der Waals surface area contributed by atoms with Gasteiger partial charge in [0.2, 0.25) is 0 Å². The van der Waals surface area contributed by atoms with Crippen molar-refractivity contribution in [1.29, 1.82) is 0 Å². The van der Waals surface area contributed by atoms with E-state index in [0.29, 0.717) is 0 Å². The van der Waals surface area contributed by atoms with E-state index < -0.39 is 11.9 Å². The Morgan fingerprint density at radius 3 is 2.37 bits per heavy atom. The average Bonchev–Trinajstić information content (AvgIpc) is 2.42. The molecule has 0 spiro atoms. The van der Waals surface area contributed by atoms with Gasteiger partial charge in [0.25, 0.3) is 0 Å². The zero-order valence-electron chi connectivity index (χ0n) is 9.87. The lowest BCUT2D eigenvalue weighted by Crippen LogP contribution is -2.13. The lowest BCUT2D eigenvalue weighted by atomic mass is 10.2. The number of anilines is 1. The van der Waals surface area contributed by atoms with E-state index >= 15 is 0 Å². The number of rotatable bonds is 2. The van der Waals surface area contributed by atoms with Crippen LogP contribution < -0.4 is 5.73 Å². The minimum Gasteiger partial charge on any atom is -0.507 e.